The van der Waals surface area contributed by atoms with Crippen molar-refractivity contribution < 1.29 is 4.79 Å². The lowest BCUT2D eigenvalue weighted by atomic mass is 10.0. The van der Waals surface area contributed by atoms with Gasteiger partial charge in [-0.2, -0.15) is 0 Å². The summed E-state index contributed by atoms with van der Waals surface area (Å²) in [7, 11) is 0. The summed E-state index contributed by atoms with van der Waals surface area (Å²) in [6.45, 7) is 6.92. The van der Waals surface area contributed by atoms with Crippen LogP contribution in [0.5, 0.6) is 0 Å². The van der Waals surface area contributed by atoms with Gasteiger partial charge in [0.25, 0.3) is 5.91 Å². The smallest absolute Gasteiger partial charge is 0.258 e. The summed E-state index contributed by atoms with van der Waals surface area (Å²) in [6.07, 6.45) is 0. The molecule has 8 heteroatoms. The fourth-order valence-electron chi connectivity index (χ4n) is 4.02. The lowest BCUT2D eigenvalue weighted by molar-refractivity contribution is 0.0979. The molecule has 5 nitrogen and oxygen atoms in total. The molecule has 0 bridgehead atoms. The number of rotatable bonds is 4. The molecule has 1 fully saturated rings. The predicted octanol–water partition coefficient (Wildman–Crippen LogP) is 5.42. The standard InChI is InChI=1S/C24H24Cl2N4OS/c1-2-29-12-14-30(15-13-29)22-20(26)10-5-11-21(22)27-24(32)28-23(31)18-8-3-7-17-16(18)6-4-9-19(17)25/h3-11H,2,12-15H2,1H3,(H2,27,28,31,32). The first-order chi connectivity index (χ1) is 15.5. The number of fused-ring (bicyclic) bond motifs is 1. The lowest BCUT2D eigenvalue weighted by Gasteiger charge is -2.37. The van der Waals surface area contributed by atoms with E-state index in [9.17, 15) is 4.79 Å². The number of thiocarbonyl (C=S) groups is 1. The van der Waals surface area contributed by atoms with Gasteiger partial charge in [-0.15, -0.1) is 0 Å². The summed E-state index contributed by atoms with van der Waals surface area (Å²) in [5.41, 5.74) is 2.18. The van der Waals surface area contributed by atoms with Crippen LogP contribution in [0.15, 0.2) is 54.6 Å². The average Bonchev–Trinajstić information content (AvgIpc) is 2.79. The van der Waals surface area contributed by atoms with Gasteiger partial charge in [0.2, 0.25) is 0 Å². The number of hydrogen-bond donors (Lipinski definition) is 2. The Bertz CT molecular complexity index is 1160. The number of amides is 1. The highest BCUT2D eigenvalue weighted by atomic mass is 35.5. The van der Waals surface area contributed by atoms with Crippen LogP contribution in [0.25, 0.3) is 10.8 Å². The highest BCUT2D eigenvalue weighted by Gasteiger charge is 2.21. The summed E-state index contributed by atoms with van der Waals surface area (Å²) in [4.78, 5) is 17.6. The number of nitrogens with one attached hydrogen (secondary N) is 2. The third-order valence-corrected chi connectivity index (χ3v) is 6.55. The van der Waals surface area contributed by atoms with Gasteiger partial charge in [-0.3, -0.25) is 10.1 Å². The molecule has 1 heterocycles. The summed E-state index contributed by atoms with van der Waals surface area (Å²) in [5.74, 6) is -0.296. The van der Waals surface area contributed by atoms with Crippen LogP contribution in [-0.2, 0) is 0 Å². The molecular formula is C24H24Cl2N4OS. The summed E-state index contributed by atoms with van der Waals surface area (Å²) < 4.78 is 0. The molecule has 0 radical (unpaired) electrons. The molecule has 1 aliphatic rings. The van der Waals surface area contributed by atoms with Crippen molar-refractivity contribution in [1.29, 1.82) is 0 Å². The first-order valence-electron chi connectivity index (χ1n) is 10.5. The molecule has 1 aliphatic heterocycles. The Morgan fingerprint density at radius 2 is 1.59 bits per heavy atom. The second kappa shape index (κ2) is 10.0. The van der Waals surface area contributed by atoms with Gasteiger partial charge in [-0.05, 0) is 48.4 Å². The van der Waals surface area contributed by atoms with E-state index in [1.807, 2.05) is 42.5 Å². The van der Waals surface area contributed by atoms with Crippen molar-refractivity contribution in [1.82, 2.24) is 10.2 Å². The average molecular weight is 487 g/mol. The molecule has 3 aromatic rings. The van der Waals surface area contributed by atoms with Crippen LogP contribution in [0.1, 0.15) is 17.3 Å². The van der Waals surface area contributed by atoms with E-state index in [-0.39, 0.29) is 11.0 Å². The van der Waals surface area contributed by atoms with Crippen molar-refractivity contribution in [2.45, 2.75) is 6.92 Å². The van der Waals surface area contributed by atoms with Crippen LogP contribution in [-0.4, -0.2) is 48.6 Å². The van der Waals surface area contributed by atoms with Crippen LogP contribution in [0.4, 0.5) is 11.4 Å². The molecule has 1 amide bonds. The highest BCUT2D eigenvalue weighted by Crippen LogP contribution is 2.34. The van der Waals surface area contributed by atoms with Crippen molar-refractivity contribution in [3.8, 4) is 0 Å². The Hall–Kier alpha value is -2.38. The van der Waals surface area contributed by atoms with Crippen molar-refractivity contribution in [3.05, 3.63) is 70.2 Å². The minimum Gasteiger partial charge on any atom is -0.366 e. The molecule has 1 saturated heterocycles. The number of benzene rings is 3. The SMILES string of the molecule is CCN1CCN(c2c(Cl)cccc2NC(=S)NC(=O)c2cccc3c(Cl)cccc23)CC1. The number of halogens is 2. The van der Waals surface area contributed by atoms with Crippen LogP contribution in [0, 0.1) is 0 Å². The second-order valence-corrected chi connectivity index (χ2v) is 8.83. The zero-order valence-corrected chi connectivity index (χ0v) is 20.0. The first kappa shape index (κ1) is 22.8. The zero-order valence-electron chi connectivity index (χ0n) is 17.7. The summed E-state index contributed by atoms with van der Waals surface area (Å²) in [5, 5.41) is 9.02. The number of piperazine rings is 1. The van der Waals surface area contributed by atoms with E-state index in [1.165, 1.54) is 0 Å². The van der Waals surface area contributed by atoms with E-state index >= 15 is 0 Å². The normalized spacial score (nSPS) is 14.4. The topological polar surface area (TPSA) is 47.6 Å². The van der Waals surface area contributed by atoms with E-state index in [1.54, 1.807) is 12.1 Å². The van der Waals surface area contributed by atoms with Gasteiger partial charge in [-0.1, -0.05) is 60.5 Å². The maximum absolute atomic E-state index is 13.0. The molecule has 3 aromatic carbocycles. The Balaban J connectivity index is 1.51. The molecule has 2 N–H and O–H groups in total. The predicted molar refractivity (Wildman–Crippen MR) is 138 cm³/mol. The molecule has 0 atom stereocenters. The van der Waals surface area contributed by atoms with Crippen molar-refractivity contribution in [3.63, 3.8) is 0 Å². The van der Waals surface area contributed by atoms with E-state index in [4.69, 9.17) is 35.4 Å². The molecular weight excluding hydrogens is 463 g/mol. The molecule has 4 rings (SSSR count). The Morgan fingerprint density at radius 1 is 0.938 bits per heavy atom. The van der Waals surface area contributed by atoms with Crippen LogP contribution in [0.2, 0.25) is 10.0 Å². The fraction of sp³-hybridized carbons (Fsp3) is 0.250. The highest BCUT2D eigenvalue weighted by molar-refractivity contribution is 7.80. The molecule has 0 saturated carbocycles. The molecule has 0 spiro atoms. The summed E-state index contributed by atoms with van der Waals surface area (Å²) >= 11 is 18.3. The van der Waals surface area contributed by atoms with Gasteiger partial charge < -0.3 is 15.1 Å². The number of nitrogens with zero attached hydrogens (tertiary/aromatic N) is 2. The van der Waals surface area contributed by atoms with E-state index in [0.29, 0.717) is 15.6 Å². The molecule has 0 aliphatic carbocycles. The van der Waals surface area contributed by atoms with Crippen molar-refractivity contribution in [2.24, 2.45) is 0 Å². The van der Waals surface area contributed by atoms with Crippen LogP contribution >= 0.6 is 35.4 Å². The molecule has 166 valence electrons. The van der Waals surface area contributed by atoms with Crippen molar-refractivity contribution >= 4 is 68.6 Å². The number of anilines is 2. The first-order valence-corrected chi connectivity index (χ1v) is 11.7. The van der Waals surface area contributed by atoms with E-state index in [0.717, 1.165) is 54.9 Å². The lowest BCUT2D eigenvalue weighted by Crippen LogP contribution is -2.46. The number of likely N-dealkylation sites (N-methyl/N-ethyl adjacent to an activating group) is 1. The van der Waals surface area contributed by atoms with Crippen LogP contribution < -0.4 is 15.5 Å². The maximum atomic E-state index is 13.0. The van der Waals surface area contributed by atoms with Crippen molar-refractivity contribution in [2.75, 3.05) is 42.9 Å². The quantitative estimate of drug-likeness (QED) is 0.482. The number of hydrogen-bond acceptors (Lipinski definition) is 4. The third-order valence-electron chi connectivity index (χ3n) is 5.71. The Kier molecular flexibility index (Phi) is 7.16. The monoisotopic (exact) mass is 486 g/mol. The van der Waals surface area contributed by atoms with Gasteiger partial charge in [0.15, 0.2) is 5.11 Å². The third kappa shape index (κ3) is 4.84. The number of carbonyl (C=O) groups is 1. The summed E-state index contributed by atoms with van der Waals surface area (Å²) in [6, 6.07) is 16.6. The van der Waals surface area contributed by atoms with Gasteiger partial charge in [0, 0.05) is 42.2 Å². The fourth-order valence-corrected chi connectivity index (χ4v) is 4.75. The Morgan fingerprint density at radius 3 is 2.34 bits per heavy atom. The van der Waals surface area contributed by atoms with Gasteiger partial charge in [-0.25, -0.2) is 0 Å². The van der Waals surface area contributed by atoms with E-state index in [2.05, 4.69) is 27.4 Å². The van der Waals surface area contributed by atoms with Gasteiger partial charge >= 0.3 is 0 Å². The number of carbonyl (C=O) groups excluding carboxylic acids is 1. The second-order valence-electron chi connectivity index (χ2n) is 7.61. The zero-order chi connectivity index (χ0) is 22.7. The largest absolute Gasteiger partial charge is 0.366 e. The maximum Gasteiger partial charge on any atom is 0.258 e. The molecule has 0 unspecified atom stereocenters. The molecule has 0 aromatic heterocycles. The Labute approximate surface area is 203 Å². The minimum atomic E-state index is -0.296. The van der Waals surface area contributed by atoms with Gasteiger partial charge in [0.1, 0.15) is 0 Å². The van der Waals surface area contributed by atoms with Gasteiger partial charge in [0.05, 0.1) is 16.4 Å². The van der Waals surface area contributed by atoms with E-state index < -0.39 is 0 Å². The number of para-hydroxylation sites is 1. The molecule has 32 heavy (non-hydrogen) atoms. The minimum absolute atomic E-state index is 0.213. The van der Waals surface area contributed by atoms with Crippen LogP contribution in [0.3, 0.4) is 0 Å².